The first-order valence-corrected chi connectivity index (χ1v) is 8.97. The molecule has 4 nitrogen and oxygen atoms in total. The molecule has 114 valence electrons. The lowest BCUT2D eigenvalue weighted by atomic mass is 10.0. The molecule has 0 radical (unpaired) electrons. The van der Waals surface area contributed by atoms with Crippen LogP contribution in [0.1, 0.15) is 51.8 Å². The summed E-state index contributed by atoms with van der Waals surface area (Å²) in [6, 6.07) is 2.14. The Morgan fingerprint density at radius 3 is 2.50 bits per heavy atom. The summed E-state index contributed by atoms with van der Waals surface area (Å²) in [4.78, 5) is 0.351. The molecule has 1 aromatic rings. The number of aromatic nitrogens is 1. The normalized spacial score (nSPS) is 16.9. The van der Waals surface area contributed by atoms with Crippen LogP contribution in [0, 0.1) is 0 Å². The van der Waals surface area contributed by atoms with Crippen molar-refractivity contribution >= 4 is 21.6 Å². The van der Waals surface area contributed by atoms with E-state index in [1.807, 2.05) is 25.3 Å². The molecule has 0 amide bonds. The Hall–Kier alpha value is -0.520. The molecule has 0 unspecified atom stereocenters. The zero-order valence-electron chi connectivity index (χ0n) is 12.6. The van der Waals surface area contributed by atoms with E-state index in [0.717, 1.165) is 25.0 Å². The second kappa shape index (κ2) is 5.35. The monoisotopic (exact) mass is 318 g/mol. The SMILES string of the molecule is CCC(C)(C)N(C)S(=O)(=O)c1cc(CCl)n(C2CC2)c1. The summed E-state index contributed by atoms with van der Waals surface area (Å²) in [6.45, 7) is 5.86. The molecular formula is C14H23ClN2O2S. The van der Waals surface area contributed by atoms with E-state index < -0.39 is 15.6 Å². The number of sulfonamides is 1. The largest absolute Gasteiger partial charge is 0.346 e. The average Bonchev–Trinajstić information content (AvgIpc) is 3.16. The van der Waals surface area contributed by atoms with Crippen molar-refractivity contribution in [2.24, 2.45) is 0 Å². The Bertz CT molecular complexity index is 588. The third-order valence-electron chi connectivity index (χ3n) is 4.36. The van der Waals surface area contributed by atoms with Gasteiger partial charge in [0.15, 0.2) is 0 Å². The fraction of sp³-hybridized carbons (Fsp3) is 0.714. The second-order valence-corrected chi connectivity index (χ2v) is 8.31. The van der Waals surface area contributed by atoms with Crippen molar-refractivity contribution < 1.29 is 8.42 Å². The summed E-state index contributed by atoms with van der Waals surface area (Å²) in [6.07, 6.45) is 4.71. The molecule has 1 aliphatic rings. The van der Waals surface area contributed by atoms with E-state index in [1.54, 1.807) is 19.3 Å². The van der Waals surface area contributed by atoms with Gasteiger partial charge in [0.05, 0.1) is 5.88 Å². The van der Waals surface area contributed by atoms with E-state index >= 15 is 0 Å². The van der Waals surface area contributed by atoms with E-state index in [4.69, 9.17) is 11.6 Å². The fourth-order valence-electron chi connectivity index (χ4n) is 2.14. The van der Waals surface area contributed by atoms with Gasteiger partial charge in [0.25, 0.3) is 0 Å². The van der Waals surface area contributed by atoms with Gasteiger partial charge in [-0.3, -0.25) is 0 Å². The molecule has 0 aromatic carbocycles. The van der Waals surface area contributed by atoms with Crippen LogP contribution in [0.4, 0.5) is 0 Å². The molecule has 0 bridgehead atoms. The summed E-state index contributed by atoms with van der Waals surface area (Å²) in [5.74, 6) is 0.340. The van der Waals surface area contributed by atoms with E-state index in [9.17, 15) is 8.42 Å². The molecular weight excluding hydrogens is 296 g/mol. The number of hydrogen-bond donors (Lipinski definition) is 0. The highest BCUT2D eigenvalue weighted by molar-refractivity contribution is 7.89. The zero-order valence-corrected chi connectivity index (χ0v) is 14.1. The van der Waals surface area contributed by atoms with Gasteiger partial charge in [0, 0.05) is 30.5 Å². The maximum atomic E-state index is 12.7. The highest BCUT2D eigenvalue weighted by atomic mass is 35.5. The quantitative estimate of drug-likeness (QED) is 0.755. The Balaban J connectivity index is 2.39. The van der Waals surface area contributed by atoms with Crippen molar-refractivity contribution in [1.82, 2.24) is 8.87 Å². The van der Waals surface area contributed by atoms with Gasteiger partial charge in [0.1, 0.15) is 4.90 Å². The molecule has 1 heterocycles. The summed E-state index contributed by atoms with van der Waals surface area (Å²) >= 11 is 5.93. The van der Waals surface area contributed by atoms with Gasteiger partial charge in [0.2, 0.25) is 10.0 Å². The van der Waals surface area contributed by atoms with E-state index in [0.29, 0.717) is 16.8 Å². The molecule has 0 atom stereocenters. The van der Waals surface area contributed by atoms with Crippen molar-refractivity contribution in [2.75, 3.05) is 7.05 Å². The van der Waals surface area contributed by atoms with Crippen molar-refractivity contribution in [3.63, 3.8) is 0 Å². The zero-order chi connectivity index (χ0) is 15.1. The lowest BCUT2D eigenvalue weighted by Crippen LogP contribution is -2.44. The van der Waals surface area contributed by atoms with Crippen LogP contribution < -0.4 is 0 Å². The Morgan fingerprint density at radius 2 is 2.05 bits per heavy atom. The van der Waals surface area contributed by atoms with E-state index in [1.165, 1.54) is 4.31 Å². The van der Waals surface area contributed by atoms with Gasteiger partial charge in [-0.25, -0.2) is 8.42 Å². The maximum absolute atomic E-state index is 12.7. The third kappa shape index (κ3) is 2.76. The first-order chi connectivity index (χ1) is 9.24. The molecule has 20 heavy (non-hydrogen) atoms. The predicted molar refractivity (Wildman–Crippen MR) is 81.6 cm³/mol. The van der Waals surface area contributed by atoms with Crippen LogP contribution in [-0.4, -0.2) is 29.9 Å². The lowest BCUT2D eigenvalue weighted by Gasteiger charge is -2.33. The first-order valence-electron chi connectivity index (χ1n) is 6.99. The van der Waals surface area contributed by atoms with Gasteiger partial charge in [-0.05, 0) is 39.2 Å². The van der Waals surface area contributed by atoms with Gasteiger partial charge >= 0.3 is 0 Å². The van der Waals surface area contributed by atoms with E-state index in [-0.39, 0.29) is 0 Å². The predicted octanol–water partition coefficient (Wildman–Crippen LogP) is 3.37. The number of halogens is 1. The topological polar surface area (TPSA) is 42.3 Å². The first kappa shape index (κ1) is 15.9. The van der Waals surface area contributed by atoms with Crippen molar-refractivity contribution in [3.05, 3.63) is 18.0 Å². The van der Waals surface area contributed by atoms with Crippen molar-refractivity contribution in [3.8, 4) is 0 Å². The molecule has 0 N–H and O–H groups in total. The van der Waals surface area contributed by atoms with Crippen LogP contribution in [0.15, 0.2) is 17.2 Å². The molecule has 6 heteroatoms. The Labute approximate surface area is 126 Å². The Kier molecular flexibility index (Phi) is 4.24. The second-order valence-electron chi connectivity index (χ2n) is 6.08. The fourth-order valence-corrected chi connectivity index (χ4v) is 3.99. The van der Waals surface area contributed by atoms with Gasteiger partial charge in [-0.15, -0.1) is 11.6 Å². The summed E-state index contributed by atoms with van der Waals surface area (Å²) in [5, 5.41) is 0. The van der Waals surface area contributed by atoms with E-state index in [2.05, 4.69) is 0 Å². The molecule has 1 aromatic heterocycles. The van der Waals surface area contributed by atoms with Crippen LogP contribution in [0.2, 0.25) is 0 Å². The van der Waals surface area contributed by atoms with Crippen LogP contribution in [-0.2, 0) is 15.9 Å². The van der Waals surface area contributed by atoms with Gasteiger partial charge < -0.3 is 4.57 Å². The smallest absolute Gasteiger partial charge is 0.244 e. The molecule has 1 saturated carbocycles. The molecule has 0 aliphatic heterocycles. The average molecular weight is 319 g/mol. The minimum Gasteiger partial charge on any atom is -0.346 e. The van der Waals surface area contributed by atoms with Crippen LogP contribution >= 0.6 is 11.6 Å². The number of hydrogen-bond acceptors (Lipinski definition) is 2. The van der Waals surface area contributed by atoms with Crippen LogP contribution in [0.3, 0.4) is 0 Å². The molecule has 0 saturated heterocycles. The minimum absolute atomic E-state index is 0.340. The molecule has 0 spiro atoms. The molecule has 1 fully saturated rings. The highest BCUT2D eigenvalue weighted by Crippen LogP contribution is 2.38. The summed E-state index contributed by atoms with van der Waals surface area (Å²) in [7, 11) is -1.83. The maximum Gasteiger partial charge on any atom is 0.244 e. The lowest BCUT2D eigenvalue weighted by molar-refractivity contribution is 0.257. The standard InChI is InChI=1S/C14H23ClN2O2S/c1-5-14(2,3)16(4)20(18,19)13-8-12(9-15)17(10-13)11-6-7-11/h8,10-11H,5-7,9H2,1-4H3. The van der Waals surface area contributed by atoms with Crippen LogP contribution in [0.5, 0.6) is 0 Å². The summed E-state index contributed by atoms with van der Waals surface area (Å²) < 4.78 is 28.9. The number of rotatable bonds is 6. The Morgan fingerprint density at radius 1 is 1.45 bits per heavy atom. The highest BCUT2D eigenvalue weighted by Gasteiger charge is 2.35. The number of nitrogens with zero attached hydrogens (tertiary/aromatic N) is 2. The molecule has 2 rings (SSSR count). The van der Waals surface area contributed by atoms with Crippen molar-refractivity contribution in [1.29, 1.82) is 0 Å². The van der Waals surface area contributed by atoms with Gasteiger partial charge in [-0.2, -0.15) is 4.31 Å². The minimum atomic E-state index is -3.47. The van der Waals surface area contributed by atoms with Crippen LogP contribution in [0.25, 0.3) is 0 Å². The van der Waals surface area contributed by atoms with Crippen molar-refractivity contribution in [2.45, 2.75) is 62.4 Å². The molecule has 1 aliphatic carbocycles. The third-order valence-corrected chi connectivity index (χ3v) is 6.67. The number of alkyl halides is 1. The van der Waals surface area contributed by atoms with Gasteiger partial charge in [-0.1, -0.05) is 6.92 Å². The summed E-state index contributed by atoms with van der Waals surface area (Å²) in [5.41, 5.74) is 0.484.